The lowest BCUT2D eigenvalue weighted by Crippen LogP contribution is -2.68. The van der Waals surface area contributed by atoms with Crippen LogP contribution < -0.4 is 0 Å². The van der Waals surface area contributed by atoms with E-state index in [0.717, 1.165) is 0 Å². The number of rotatable bonds is 5. The molecule has 3 fully saturated rings. The summed E-state index contributed by atoms with van der Waals surface area (Å²) in [6, 6.07) is 0. The largest absolute Gasteiger partial charge is 0.450 e. The number of ether oxygens (including phenoxy) is 1. The fraction of sp³-hybridized carbons (Fsp3) is 0.680. The van der Waals surface area contributed by atoms with Crippen molar-refractivity contribution in [3.8, 4) is 0 Å². The third kappa shape index (κ3) is 2.72. The highest BCUT2D eigenvalue weighted by Crippen LogP contribution is 2.69. The lowest BCUT2D eigenvalue weighted by atomic mass is 9.45. The lowest BCUT2D eigenvalue weighted by Gasteiger charge is -2.59. The number of hydrogen-bond acceptors (Lipinski definition) is 5. The lowest BCUT2D eigenvalue weighted by molar-refractivity contribution is -0.198. The summed E-state index contributed by atoms with van der Waals surface area (Å²) in [6.45, 7) is 3.83. The maximum absolute atomic E-state index is 17.0. The summed E-state index contributed by atoms with van der Waals surface area (Å²) in [5, 5.41) is 0. The van der Waals surface area contributed by atoms with Gasteiger partial charge in [-0.05, 0) is 57.1 Å². The third-order valence-electron chi connectivity index (χ3n) is 8.84. The molecular formula is C25H30F2O5. The van der Waals surface area contributed by atoms with Gasteiger partial charge in [0.25, 0.3) is 0 Å². The molecule has 32 heavy (non-hydrogen) atoms. The molecule has 7 heteroatoms. The summed E-state index contributed by atoms with van der Waals surface area (Å²) in [5.41, 5.74) is -5.80. The van der Waals surface area contributed by atoms with E-state index in [0.29, 0.717) is 31.3 Å². The second kappa shape index (κ2) is 7.42. The van der Waals surface area contributed by atoms with Gasteiger partial charge >= 0.3 is 5.97 Å². The van der Waals surface area contributed by atoms with Crippen LogP contribution in [0.3, 0.4) is 0 Å². The van der Waals surface area contributed by atoms with Crippen molar-refractivity contribution in [3.05, 3.63) is 23.8 Å². The zero-order valence-corrected chi connectivity index (χ0v) is 18.8. The molecule has 3 saturated carbocycles. The molecule has 0 N–H and O–H groups in total. The molecule has 6 atom stereocenters. The van der Waals surface area contributed by atoms with E-state index in [1.807, 2.05) is 0 Å². The van der Waals surface area contributed by atoms with E-state index in [2.05, 4.69) is 0 Å². The molecule has 0 radical (unpaired) electrons. The van der Waals surface area contributed by atoms with Crippen molar-refractivity contribution < 1.29 is 32.7 Å². The highest BCUT2D eigenvalue weighted by Gasteiger charge is 2.75. The number of Topliss-reactive ketones (excluding diaryl/α,β-unsaturated/α-hetero) is 2. The van der Waals surface area contributed by atoms with Crippen LogP contribution in [0.2, 0.25) is 0 Å². The van der Waals surface area contributed by atoms with Crippen LogP contribution in [0.5, 0.6) is 0 Å². The van der Waals surface area contributed by atoms with Gasteiger partial charge in [-0.25, -0.2) is 8.78 Å². The van der Waals surface area contributed by atoms with Gasteiger partial charge in [-0.3, -0.25) is 19.2 Å². The summed E-state index contributed by atoms with van der Waals surface area (Å²) < 4.78 is 36.4. The number of fused-ring (bicyclic) bond motifs is 5. The van der Waals surface area contributed by atoms with Gasteiger partial charge in [0.05, 0.1) is 0 Å². The molecule has 0 heterocycles. The van der Waals surface area contributed by atoms with Crippen LogP contribution in [0, 0.1) is 22.7 Å². The number of alkyl halides is 2. The molecule has 5 nitrogen and oxygen atoms in total. The molecule has 4 aliphatic rings. The van der Waals surface area contributed by atoms with Gasteiger partial charge in [0.2, 0.25) is 5.78 Å². The van der Waals surface area contributed by atoms with Crippen LogP contribution in [0.1, 0.15) is 65.7 Å². The average molecular weight is 449 g/mol. The van der Waals surface area contributed by atoms with Crippen LogP contribution in [0.15, 0.2) is 23.8 Å². The number of esters is 1. The van der Waals surface area contributed by atoms with Crippen molar-refractivity contribution in [1.29, 1.82) is 0 Å². The molecule has 1 unspecified atom stereocenters. The number of carbonyl (C=O) groups is 4. The Kier molecular flexibility index (Phi) is 5.33. The van der Waals surface area contributed by atoms with Gasteiger partial charge in [0, 0.05) is 29.6 Å². The van der Waals surface area contributed by atoms with Crippen molar-refractivity contribution in [1.82, 2.24) is 0 Å². The average Bonchev–Trinajstić information content (AvgIpc) is 3.02. The highest BCUT2D eigenvalue weighted by atomic mass is 19.1. The Bertz CT molecular complexity index is 954. The zero-order valence-electron chi connectivity index (χ0n) is 18.8. The minimum Gasteiger partial charge on any atom is -0.450 e. The fourth-order valence-corrected chi connectivity index (χ4v) is 7.17. The smallest absolute Gasteiger partial charge is 0.306 e. The Morgan fingerprint density at radius 2 is 1.91 bits per heavy atom. The zero-order chi connectivity index (χ0) is 23.5. The minimum atomic E-state index is -2.24. The molecule has 0 aromatic carbocycles. The molecule has 0 amide bonds. The molecule has 0 aliphatic heterocycles. The quantitative estimate of drug-likeness (QED) is 0.590. The van der Waals surface area contributed by atoms with Crippen LogP contribution in [0.4, 0.5) is 8.78 Å². The standard InChI is InChI=1S/C25H30F2O5/c1-4-5-21(31)32-24(20(30)14-26)11-9-17-18-7-6-15-12-16(28)8-10-22(15,2)25(18,27)19(29)13-23(17,24)3/h8,10,12,17-18H,4-7,9,11,13-14H2,1-3H3/t17-,18-,22-,23-,24-,25?/m0/s1. The predicted molar refractivity (Wildman–Crippen MR) is 112 cm³/mol. The Labute approximate surface area is 186 Å². The van der Waals surface area contributed by atoms with E-state index >= 15 is 4.39 Å². The number of halogens is 2. The van der Waals surface area contributed by atoms with Crippen molar-refractivity contribution in [2.24, 2.45) is 22.7 Å². The third-order valence-corrected chi connectivity index (χ3v) is 8.84. The highest BCUT2D eigenvalue weighted by molar-refractivity contribution is 6.03. The van der Waals surface area contributed by atoms with Crippen LogP contribution in [0.25, 0.3) is 0 Å². The van der Waals surface area contributed by atoms with Crippen molar-refractivity contribution >= 4 is 23.3 Å². The molecule has 0 spiro atoms. The van der Waals surface area contributed by atoms with E-state index in [1.165, 1.54) is 18.2 Å². The SMILES string of the molecule is CCCC(=O)O[C@]1(C(=O)CF)CC[C@H]2[C@@H]3CCC4=CC(=O)C=C[C@]4(C)C3(F)C(=O)C[C@@]21C. The topological polar surface area (TPSA) is 77.5 Å². The summed E-state index contributed by atoms with van der Waals surface area (Å²) >= 11 is 0. The monoisotopic (exact) mass is 448 g/mol. The molecule has 4 rings (SSSR count). The molecular weight excluding hydrogens is 418 g/mol. The van der Waals surface area contributed by atoms with E-state index < -0.39 is 58.1 Å². The van der Waals surface area contributed by atoms with Crippen molar-refractivity contribution in [2.45, 2.75) is 77.0 Å². The summed E-state index contributed by atoms with van der Waals surface area (Å²) in [7, 11) is 0. The van der Waals surface area contributed by atoms with E-state index in [-0.39, 0.29) is 25.0 Å². The molecule has 0 bridgehead atoms. The van der Waals surface area contributed by atoms with Gasteiger partial charge in [-0.2, -0.15) is 0 Å². The Hall–Kier alpha value is -2.18. The normalized spacial score (nSPS) is 42.6. The molecule has 0 saturated heterocycles. The first-order valence-electron chi connectivity index (χ1n) is 11.5. The first-order valence-corrected chi connectivity index (χ1v) is 11.5. The van der Waals surface area contributed by atoms with E-state index in [4.69, 9.17) is 4.74 Å². The molecule has 4 aliphatic carbocycles. The number of ketones is 3. The van der Waals surface area contributed by atoms with Crippen LogP contribution in [-0.4, -0.2) is 41.3 Å². The van der Waals surface area contributed by atoms with E-state index in [9.17, 15) is 23.6 Å². The van der Waals surface area contributed by atoms with Gasteiger partial charge in [-0.1, -0.05) is 25.5 Å². The first-order chi connectivity index (χ1) is 15.0. The Morgan fingerprint density at radius 1 is 1.19 bits per heavy atom. The maximum Gasteiger partial charge on any atom is 0.306 e. The Balaban J connectivity index is 1.80. The summed E-state index contributed by atoms with van der Waals surface area (Å²) in [4.78, 5) is 50.8. The number of carbonyl (C=O) groups excluding carboxylic acids is 4. The number of hydrogen-bond donors (Lipinski definition) is 0. The summed E-state index contributed by atoms with van der Waals surface area (Å²) in [6.07, 6.45) is 5.76. The van der Waals surface area contributed by atoms with Gasteiger partial charge < -0.3 is 4.74 Å². The van der Waals surface area contributed by atoms with Gasteiger partial charge in [-0.15, -0.1) is 0 Å². The van der Waals surface area contributed by atoms with Crippen molar-refractivity contribution in [3.63, 3.8) is 0 Å². The molecule has 0 aromatic rings. The molecule has 0 aromatic heterocycles. The first kappa shape index (κ1) is 23.0. The maximum atomic E-state index is 17.0. The predicted octanol–water partition coefficient (Wildman–Crippen LogP) is 4.19. The van der Waals surface area contributed by atoms with Crippen LogP contribution >= 0.6 is 0 Å². The summed E-state index contributed by atoms with van der Waals surface area (Å²) in [5.74, 6) is -3.48. The fourth-order valence-electron chi connectivity index (χ4n) is 7.17. The van der Waals surface area contributed by atoms with Gasteiger partial charge in [0.1, 0.15) is 0 Å². The second-order valence-electron chi connectivity index (χ2n) is 10.2. The second-order valence-corrected chi connectivity index (χ2v) is 10.2. The van der Waals surface area contributed by atoms with Gasteiger partial charge in [0.15, 0.2) is 29.5 Å². The van der Waals surface area contributed by atoms with Crippen LogP contribution in [-0.2, 0) is 23.9 Å². The Morgan fingerprint density at radius 3 is 2.56 bits per heavy atom. The number of allylic oxidation sites excluding steroid dienone is 4. The molecule has 174 valence electrons. The van der Waals surface area contributed by atoms with E-state index in [1.54, 1.807) is 20.8 Å². The minimum absolute atomic E-state index is 0.0809. The van der Waals surface area contributed by atoms with Crippen molar-refractivity contribution in [2.75, 3.05) is 6.67 Å².